The van der Waals surface area contributed by atoms with Crippen molar-refractivity contribution in [3.63, 3.8) is 0 Å². The Morgan fingerprint density at radius 2 is 2.00 bits per heavy atom. The van der Waals surface area contributed by atoms with Crippen LogP contribution in [0, 0.1) is 5.82 Å². The first kappa shape index (κ1) is 12.8. The average Bonchev–Trinajstić information content (AvgIpc) is 2.35. The Morgan fingerprint density at radius 1 is 1.22 bits per heavy atom. The first-order valence-electron chi connectivity index (χ1n) is 5.54. The van der Waals surface area contributed by atoms with Crippen LogP contribution in [0.5, 0.6) is 5.75 Å². The molecular formula is C14H14FNOS. The smallest absolute Gasteiger partial charge is 0.127 e. The molecule has 0 saturated heterocycles. The Bertz CT molecular complexity index is 525. The van der Waals surface area contributed by atoms with E-state index < -0.39 is 5.82 Å². The molecule has 0 aromatic heterocycles. The van der Waals surface area contributed by atoms with Crippen molar-refractivity contribution in [2.75, 3.05) is 11.6 Å². The molecule has 0 bridgehead atoms. The van der Waals surface area contributed by atoms with Crippen LogP contribution in [-0.4, -0.2) is 11.4 Å². The Balaban J connectivity index is 2.11. The van der Waals surface area contributed by atoms with Crippen molar-refractivity contribution in [1.82, 2.24) is 0 Å². The number of nitrogens with one attached hydrogen (secondary N) is 1. The number of anilines is 1. The SMILES string of the molecule is CSc1ccccc1NCc1cc(O)cc(F)c1. The molecule has 0 fully saturated rings. The summed E-state index contributed by atoms with van der Waals surface area (Å²) in [5, 5.41) is 12.6. The van der Waals surface area contributed by atoms with E-state index in [9.17, 15) is 9.50 Å². The molecule has 0 aliphatic carbocycles. The second kappa shape index (κ2) is 5.78. The quantitative estimate of drug-likeness (QED) is 0.821. The summed E-state index contributed by atoms with van der Waals surface area (Å²) >= 11 is 1.65. The number of benzene rings is 2. The number of hydrogen-bond donors (Lipinski definition) is 2. The zero-order valence-corrected chi connectivity index (χ0v) is 10.8. The molecule has 0 saturated carbocycles. The summed E-state index contributed by atoms with van der Waals surface area (Å²) in [4.78, 5) is 1.14. The van der Waals surface area contributed by atoms with E-state index >= 15 is 0 Å². The van der Waals surface area contributed by atoms with Crippen molar-refractivity contribution < 1.29 is 9.50 Å². The maximum atomic E-state index is 13.1. The van der Waals surface area contributed by atoms with Crippen molar-refractivity contribution in [1.29, 1.82) is 0 Å². The number of halogens is 1. The molecule has 0 atom stereocenters. The summed E-state index contributed by atoms with van der Waals surface area (Å²) in [6, 6.07) is 12.0. The number of aromatic hydroxyl groups is 1. The molecule has 4 heteroatoms. The highest BCUT2D eigenvalue weighted by Crippen LogP contribution is 2.25. The zero-order chi connectivity index (χ0) is 13.0. The van der Waals surface area contributed by atoms with E-state index in [0.717, 1.165) is 16.6 Å². The van der Waals surface area contributed by atoms with Crippen molar-refractivity contribution in [2.24, 2.45) is 0 Å². The fourth-order valence-corrected chi connectivity index (χ4v) is 2.30. The van der Waals surface area contributed by atoms with Gasteiger partial charge in [0.15, 0.2) is 0 Å². The predicted octanol–water partition coefficient (Wildman–Crippen LogP) is 3.87. The molecule has 0 radical (unpaired) electrons. The third-order valence-electron chi connectivity index (χ3n) is 2.53. The van der Waals surface area contributed by atoms with E-state index in [-0.39, 0.29) is 5.75 Å². The van der Waals surface area contributed by atoms with Gasteiger partial charge in [0, 0.05) is 23.2 Å². The highest BCUT2D eigenvalue weighted by molar-refractivity contribution is 7.98. The lowest BCUT2D eigenvalue weighted by atomic mass is 10.2. The topological polar surface area (TPSA) is 32.3 Å². The summed E-state index contributed by atoms with van der Waals surface area (Å²) in [5.74, 6) is -0.477. The van der Waals surface area contributed by atoms with Crippen LogP contribution >= 0.6 is 11.8 Å². The van der Waals surface area contributed by atoms with Gasteiger partial charge in [0.05, 0.1) is 0 Å². The Morgan fingerprint density at radius 3 is 2.72 bits per heavy atom. The van der Waals surface area contributed by atoms with E-state index in [1.807, 2.05) is 30.5 Å². The number of phenolic OH excluding ortho intramolecular Hbond substituents is 1. The van der Waals surface area contributed by atoms with Gasteiger partial charge in [0.25, 0.3) is 0 Å². The standard InChI is InChI=1S/C14H14FNOS/c1-18-14-5-3-2-4-13(14)16-9-10-6-11(15)8-12(17)7-10/h2-8,16-17H,9H2,1H3. The zero-order valence-electron chi connectivity index (χ0n) is 9.98. The van der Waals surface area contributed by atoms with Gasteiger partial charge in [0.1, 0.15) is 11.6 Å². The maximum Gasteiger partial charge on any atom is 0.127 e. The average molecular weight is 263 g/mol. The van der Waals surface area contributed by atoms with Gasteiger partial charge in [-0.3, -0.25) is 0 Å². The monoisotopic (exact) mass is 263 g/mol. The van der Waals surface area contributed by atoms with Gasteiger partial charge < -0.3 is 10.4 Å². The molecule has 2 N–H and O–H groups in total. The largest absolute Gasteiger partial charge is 0.508 e. The van der Waals surface area contributed by atoms with E-state index in [1.54, 1.807) is 17.8 Å². The van der Waals surface area contributed by atoms with Crippen molar-refractivity contribution in [3.05, 3.63) is 53.8 Å². The highest BCUT2D eigenvalue weighted by Gasteiger charge is 2.02. The number of para-hydroxylation sites is 1. The van der Waals surface area contributed by atoms with Crippen molar-refractivity contribution >= 4 is 17.4 Å². The maximum absolute atomic E-state index is 13.1. The molecule has 0 aliphatic rings. The van der Waals surface area contributed by atoms with Gasteiger partial charge in [-0.2, -0.15) is 0 Å². The third-order valence-corrected chi connectivity index (χ3v) is 3.33. The summed E-state index contributed by atoms with van der Waals surface area (Å²) < 4.78 is 13.1. The minimum Gasteiger partial charge on any atom is -0.508 e. The molecule has 94 valence electrons. The van der Waals surface area contributed by atoms with Crippen molar-refractivity contribution in [3.8, 4) is 5.75 Å². The Hall–Kier alpha value is -1.68. The summed E-state index contributed by atoms with van der Waals surface area (Å²) in [6.07, 6.45) is 2.01. The van der Waals surface area contributed by atoms with E-state index in [1.165, 1.54) is 6.07 Å². The lowest BCUT2D eigenvalue weighted by Crippen LogP contribution is -2.00. The highest BCUT2D eigenvalue weighted by atomic mass is 32.2. The van der Waals surface area contributed by atoms with Gasteiger partial charge in [0.2, 0.25) is 0 Å². The Labute approximate surface area is 110 Å². The Kier molecular flexibility index (Phi) is 4.10. The van der Waals surface area contributed by atoms with Crippen LogP contribution in [0.25, 0.3) is 0 Å². The fourth-order valence-electron chi connectivity index (χ4n) is 1.72. The van der Waals surface area contributed by atoms with E-state index in [2.05, 4.69) is 5.32 Å². The van der Waals surface area contributed by atoms with E-state index in [4.69, 9.17) is 0 Å². The first-order chi connectivity index (χ1) is 8.69. The van der Waals surface area contributed by atoms with Crippen LogP contribution in [0.1, 0.15) is 5.56 Å². The molecule has 2 aromatic rings. The molecule has 18 heavy (non-hydrogen) atoms. The summed E-state index contributed by atoms with van der Waals surface area (Å²) in [5.41, 5.74) is 1.72. The second-order valence-electron chi connectivity index (χ2n) is 3.87. The van der Waals surface area contributed by atoms with Gasteiger partial charge in [-0.05, 0) is 36.1 Å². The molecule has 0 amide bonds. The molecule has 2 nitrogen and oxygen atoms in total. The minimum absolute atomic E-state index is 0.0510. The van der Waals surface area contributed by atoms with Crippen LogP contribution in [0.4, 0.5) is 10.1 Å². The fraction of sp³-hybridized carbons (Fsp3) is 0.143. The number of rotatable bonds is 4. The van der Waals surface area contributed by atoms with Crippen LogP contribution < -0.4 is 5.32 Å². The number of hydrogen-bond acceptors (Lipinski definition) is 3. The van der Waals surface area contributed by atoms with Crippen LogP contribution in [0.2, 0.25) is 0 Å². The van der Waals surface area contributed by atoms with Gasteiger partial charge in [-0.1, -0.05) is 12.1 Å². The molecule has 2 aromatic carbocycles. The van der Waals surface area contributed by atoms with Gasteiger partial charge in [-0.25, -0.2) is 4.39 Å². The lowest BCUT2D eigenvalue weighted by molar-refractivity contribution is 0.468. The summed E-state index contributed by atoms with van der Waals surface area (Å²) in [6.45, 7) is 0.475. The second-order valence-corrected chi connectivity index (χ2v) is 4.72. The third kappa shape index (κ3) is 3.17. The number of thioether (sulfide) groups is 1. The van der Waals surface area contributed by atoms with Crippen molar-refractivity contribution in [2.45, 2.75) is 11.4 Å². The normalized spacial score (nSPS) is 10.3. The molecule has 2 rings (SSSR count). The van der Waals surface area contributed by atoms with Gasteiger partial charge >= 0.3 is 0 Å². The van der Waals surface area contributed by atoms with Crippen LogP contribution in [0.3, 0.4) is 0 Å². The first-order valence-corrected chi connectivity index (χ1v) is 6.77. The molecule has 0 unspecified atom stereocenters. The number of phenols is 1. The lowest BCUT2D eigenvalue weighted by Gasteiger charge is -2.10. The minimum atomic E-state index is -0.426. The molecule has 0 spiro atoms. The molecule has 0 heterocycles. The predicted molar refractivity (Wildman–Crippen MR) is 73.6 cm³/mol. The van der Waals surface area contributed by atoms with Crippen LogP contribution in [0.15, 0.2) is 47.4 Å². The van der Waals surface area contributed by atoms with Gasteiger partial charge in [-0.15, -0.1) is 11.8 Å². The summed E-state index contributed by atoms with van der Waals surface area (Å²) in [7, 11) is 0. The molecular weight excluding hydrogens is 249 g/mol. The van der Waals surface area contributed by atoms with Crippen LogP contribution in [-0.2, 0) is 6.54 Å². The van der Waals surface area contributed by atoms with E-state index in [0.29, 0.717) is 12.1 Å². The molecule has 0 aliphatic heterocycles.